The molecule has 2 aliphatic heterocycles. The van der Waals surface area contributed by atoms with Gasteiger partial charge in [0.1, 0.15) is 11.4 Å². The number of hydrogen-bond donors (Lipinski definition) is 1. The molecule has 0 unspecified atom stereocenters. The molecule has 232 valence electrons. The fraction of sp³-hybridized carbons (Fsp3) is 0.393. The second-order valence-electron chi connectivity index (χ2n) is 11.1. The molecule has 16 heteroatoms. The number of halogens is 7. The molecule has 9 nitrogen and oxygen atoms in total. The van der Waals surface area contributed by atoms with Crippen LogP contribution in [0.25, 0.3) is 0 Å². The van der Waals surface area contributed by atoms with E-state index in [0.717, 1.165) is 16.0 Å². The van der Waals surface area contributed by atoms with Crippen LogP contribution in [0, 0.1) is 17.8 Å². The Bertz CT molecular complexity index is 1660. The first kappa shape index (κ1) is 31.1. The monoisotopic (exact) mass is 734 g/mol. The predicted molar refractivity (Wildman–Crippen MR) is 156 cm³/mol. The highest BCUT2D eigenvalue weighted by atomic mass is 79.9. The van der Waals surface area contributed by atoms with Gasteiger partial charge in [0.2, 0.25) is 0 Å². The lowest BCUT2D eigenvalue weighted by Crippen LogP contribution is -2.60. The van der Waals surface area contributed by atoms with Crippen LogP contribution in [0.1, 0.15) is 30.0 Å². The molecule has 2 saturated heterocycles. The molecule has 2 aromatic rings. The third-order valence-corrected chi connectivity index (χ3v) is 11.2. The van der Waals surface area contributed by atoms with E-state index >= 15 is 0 Å². The van der Waals surface area contributed by atoms with Gasteiger partial charge in [0, 0.05) is 13.0 Å². The molecular formula is C28H21BrCl3F3N4O5. The van der Waals surface area contributed by atoms with Crippen molar-refractivity contribution in [3.8, 4) is 5.75 Å². The van der Waals surface area contributed by atoms with Crippen LogP contribution in [-0.2, 0) is 25.4 Å². The van der Waals surface area contributed by atoms with Gasteiger partial charge in [0.25, 0.3) is 23.6 Å². The van der Waals surface area contributed by atoms with E-state index in [9.17, 15) is 37.5 Å². The number of phenolic OH excluding ortho intramolecular Hbond substituents is 1. The Labute approximate surface area is 271 Å². The number of carbonyl (C=O) groups is 4. The van der Waals surface area contributed by atoms with Gasteiger partial charge in [-0.25, -0.2) is 4.98 Å². The first-order valence-corrected chi connectivity index (χ1v) is 15.5. The number of imide groups is 2. The summed E-state index contributed by atoms with van der Waals surface area (Å²) in [5.41, 5.74) is -0.495. The summed E-state index contributed by atoms with van der Waals surface area (Å²) in [5, 5.41) is 11.3. The van der Waals surface area contributed by atoms with Crippen molar-refractivity contribution in [2.75, 3.05) is 17.5 Å². The van der Waals surface area contributed by atoms with Gasteiger partial charge in [-0.1, -0.05) is 51.3 Å². The highest BCUT2D eigenvalue weighted by Crippen LogP contribution is 2.65. The van der Waals surface area contributed by atoms with E-state index < -0.39 is 74.7 Å². The molecule has 1 aromatic heterocycles. The molecule has 44 heavy (non-hydrogen) atoms. The smallest absolute Gasteiger partial charge is 0.433 e. The van der Waals surface area contributed by atoms with Crippen LogP contribution in [0.2, 0.25) is 5.02 Å². The predicted octanol–water partition coefficient (Wildman–Crippen LogP) is 5.22. The van der Waals surface area contributed by atoms with Crippen molar-refractivity contribution in [1.29, 1.82) is 0 Å². The molecule has 0 bridgehead atoms. The molecule has 1 saturated carbocycles. The van der Waals surface area contributed by atoms with Gasteiger partial charge in [-0.2, -0.15) is 18.2 Å². The van der Waals surface area contributed by atoms with E-state index in [0.29, 0.717) is 22.2 Å². The number of alkyl halides is 6. The molecule has 3 heterocycles. The largest absolute Gasteiger partial charge is 0.508 e. The van der Waals surface area contributed by atoms with Crippen molar-refractivity contribution >= 4 is 80.2 Å². The number of amides is 4. The summed E-state index contributed by atoms with van der Waals surface area (Å²) < 4.78 is 40.3. The zero-order chi connectivity index (χ0) is 32.1. The maximum atomic E-state index is 14.1. The average Bonchev–Trinajstić information content (AvgIpc) is 3.30. The summed E-state index contributed by atoms with van der Waals surface area (Å²) in [5.74, 6) is -7.42. The standard InChI is InChI=1S/C28H21BrCl3F3N4O5/c1-37(21-17(30)8-9-18(36-21)28(33,34)35)39-22(41)15-7-6-14-16(19(15)23(39)42)10-26(31)24(43)38(11-29)25(44)27(26,32)20(14)12-2-4-13(40)5-3-12/h2-6,8-9,15-16,19-20,40H,7,10-11H2,1H3/t15-,16+,19-,20-,26+,27-/m0/s1. The topological polar surface area (TPSA) is 111 Å². The number of carbonyl (C=O) groups excluding carboxylic acids is 4. The van der Waals surface area contributed by atoms with Crippen LogP contribution < -0.4 is 5.01 Å². The Hall–Kier alpha value is -2.87. The van der Waals surface area contributed by atoms with Gasteiger partial charge in [-0.3, -0.25) is 29.1 Å². The first-order valence-electron chi connectivity index (χ1n) is 13.2. The maximum Gasteiger partial charge on any atom is 0.433 e. The molecule has 0 radical (unpaired) electrons. The van der Waals surface area contributed by atoms with Crippen molar-refractivity contribution in [2.45, 2.75) is 34.7 Å². The van der Waals surface area contributed by atoms with E-state index in [2.05, 4.69) is 20.9 Å². The van der Waals surface area contributed by atoms with Crippen molar-refractivity contribution in [1.82, 2.24) is 14.9 Å². The molecule has 6 atom stereocenters. The first-order chi connectivity index (χ1) is 20.6. The molecule has 4 amide bonds. The Morgan fingerprint density at radius 3 is 2.32 bits per heavy atom. The summed E-state index contributed by atoms with van der Waals surface area (Å²) in [6.07, 6.45) is -3.33. The molecule has 3 fully saturated rings. The number of anilines is 1. The van der Waals surface area contributed by atoms with Gasteiger partial charge >= 0.3 is 6.18 Å². The highest BCUT2D eigenvalue weighted by Gasteiger charge is 2.76. The minimum atomic E-state index is -4.81. The maximum absolute atomic E-state index is 14.1. The summed E-state index contributed by atoms with van der Waals surface area (Å²) in [7, 11) is 1.20. The normalized spacial score (nSPS) is 31.6. The number of phenols is 1. The van der Waals surface area contributed by atoms with Gasteiger partial charge in [-0.15, -0.1) is 23.2 Å². The second kappa shape index (κ2) is 10.3. The van der Waals surface area contributed by atoms with E-state index in [1.54, 1.807) is 6.08 Å². The Kier molecular flexibility index (Phi) is 7.31. The molecule has 0 spiro atoms. The van der Waals surface area contributed by atoms with Crippen LogP contribution in [0.15, 0.2) is 48.0 Å². The van der Waals surface area contributed by atoms with Crippen LogP contribution in [-0.4, -0.2) is 65.9 Å². The fourth-order valence-electron chi connectivity index (χ4n) is 6.98. The van der Waals surface area contributed by atoms with Crippen molar-refractivity contribution in [3.05, 3.63) is 64.3 Å². The zero-order valence-corrected chi connectivity index (χ0v) is 26.3. The van der Waals surface area contributed by atoms with Gasteiger partial charge < -0.3 is 5.11 Å². The summed E-state index contributed by atoms with van der Waals surface area (Å²) in [4.78, 5) is 55.7. The molecule has 1 aromatic carbocycles. The third kappa shape index (κ3) is 4.15. The number of allylic oxidation sites excluding steroid dienone is 2. The van der Waals surface area contributed by atoms with Crippen molar-refractivity contribution in [3.63, 3.8) is 0 Å². The van der Waals surface area contributed by atoms with Crippen LogP contribution >= 0.6 is 50.7 Å². The number of hydrogen-bond acceptors (Lipinski definition) is 7. The van der Waals surface area contributed by atoms with Gasteiger partial charge in [0.15, 0.2) is 15.6 Å². The van der Waals surface area contributed by atoms with E-state index in [1.807, 2.05) is 0 Å². The lowest BCUT2D eigenvalue weighted by Gasteiger charge is -2.50. The molecule has 2 aliphatic carbocycles. The lowest BCUT2D eigenvalue weighted by atomic mass is 9.56. The average molecular weight is 737 g/mol. The molecule has 4 aliphatic rings. The number of fused-ring (bicyclic) bond motifs is 4. The van der Waals surface area contributed by atoms with Crippen LogP contribution in [0.5, 0.6) is 5.75 Å². The Morgan fingerprint density at radius 1 is 1.05 bits per heavy atom. The number of rotatable bonds is 4. The third-order valence-electron chi connectivity index (χ3n) is 8.94. The van der Waals surface area contributed by atoms with Gasteiger partial charge in [0.05, 0.1) is 22.3 Å². The van der Waals surface area contributed by atoms with E-state index in [1.165, 1.54) is 31.3 Å². The zero-order valence-electron chi connectivity index (χ0n) is 22.5. The summed E-state index contributed by atoms with van der Waals surface area (Å²) in [6.45, 7) is 0. The van der Waals surface area contributed by atoms with Crippen LogP contribution in [0.3, 0.4) is 0 Å². The Balaban J connectivity index is 1.45. The number of aromatic hydroxyl groups is 1. The van der Waals surface area contributed by atoms with Crippen molar-refractivity contribution < 1.29 is 37.5 Å². The molecule has 1 N–H and O–H groups in total. The number of hydrazine groups is 1. The lowest BCUT2D eigenvalue weighted by molar-refractivity contribution is -0.142. The minimum Gasteiger partial charge on any atom is -0.508 e. The van der Waals surface area contributed by atoms with Gasteiger partial charge in [-0.05, 0) is 48.6 Å². The number of likely N-dealkylation sites (tertiary alicyclic amines) is 1. The highest BCUT2D eigenvalue weighted by molar-refractivity contribution is 9.09. The fourth-order valence-corrected chi connectivity index (χ4v) is 8.64. The number of nitrogens with zero attached hydrogens (tertiary/aromatic N) is 4. The Morgan fingerprint density at radius 2 is 1.70 bits per heavy atom. The quantitative estimate of drug-likeness (QED) is 0.198. The second-order valence-corrected chi connectivity index (χ2v) is 13.2. The number of aromatic nitrogens is 1. The summed E-state index contributed by atoms with van der Waals surface area (Å²) in [6, 6.07) is 7.50. The number of pyridine rings is 1. The minimum absolute atomic E-state index is 0.0380. The van der Waals surface area contributed by atoms with Crippen LogP contribution in [0.4, 0.5) is 19.0 Å². The van der Waals surface area contributed by atoms with E-state index in [-0.39, 0.29) is 29.1 Å². The summed E-state index contributed by atoms with van der Waals surface area (Å²) >= 11 is 23.6. The van der Waals surface area contributed by atoms with E-state index in [4.69, 9.17) is 34.8 Å². The number of benzene rings is 1. The molecular weight excluding hydrogens is 716 g/mol. The van der Waals surface area contributed by atoms with Crippen molar-refractivity contribution in [2.24, 2.45) is 17.8 Å². The SMILES string of the molecule is CN(c1nc(C(F)(F)F)ccc1Cl)N1C(=O)[C@H]2[C@H](CC=C3[C@H]2C[C@@]2(Cl)C(=O)N(CBr)C(=O)[C@@]2(Cl)[C@H]3c2ccc(O)cc2)C1=O. The molecule has 6 rings (SSSR count).